The van der Waals surface area contributed by atoms with E-state index in [1.165, 1.54) is 18.1 Å². The van der Waals surface area contributed by atoms with Gasteiger partial charge in [-0.3, -0.25) is 14.4 Å². The Labute approximate surface area is 174 Å². The molecule has 29 heavy (non-hydrogen) atoms. The molecule has 0 aliphatic heterocycles. The lowest BCUT2D eigenvalue weighted by Crippen LogP contribution is -2.26. The van der Waals surface area contributed by atoms with Crippen molar-refractivity contribution in [2.75, 3.05) is 33.6 Å². The van der Waals surface area contributed by atoms with Crippen LogP contribution >= 0.6 is 12.0 Å². The number of hydrogen-bond donors (Lipinski definition) is 3. The summed E-state index contributed by atoms with van der Waals surface area (Å²) in [4.78, 5) is 37.5. The van der Waals surface area contributed by atoms with E-state index in [0.29, 0.717) is 28.8 Å². The lowest BCUT2D eigenvalue weighted by molar-refractivity contribution is 0.0951. The summed E-state index contributed by atoms with van der Waals surface area (Å²) in [5.41, 5.74) is 1.80. The van der Waals surface area contributed by atoms with E-state index in [2.05, 4.69) is 5.32 Å². The Morgan fingerprint density at radius 2 is 1.48 bits per heavy atom. The number of ketones is 2. The number of benzene rings is 2. The molecule has 0 unspecified atom stereocenters. The fourth-order valence-electron chi connectivity index (χ4n) is 2.76. The minimum atomic E-state index is -0.260. The van der Waals surface area contributed by atoms with Gasteiger partial charge in [0.25, 0.3) is 5.91 Å². The summed E-state index contributed by atoms with van der Waals surface area (Å²) in [5, 5.41) is 16.8. The van der Waals surface area contributed by atoms with E-state index in [1.807, 2.05) is 0 Å². The number of hydrogen-bond acceptors (Lipinski definition) is 7. The lowest BCUT2D eigenvalue weighted by Gasteiger charge is -2.17. The average Bonchev–Trinajstić information content (AvgIpc) is 2.79. The number of carbonyl (C=O) groups is 3. The summed E-state index contributed by atoms with van der Waals surface area (Å²) in [6.07, 6.45) is 0.778. The molecular formula is C21H25NO6S. The lowest BCUT2D eigenvalue weighted by atomic mass is 9.83. The minimum absolute atomic E-state index is 0.186. The summed E-state index contributed by atoms with van der Waals surface area (Å²) in [6, 6.07) is 11.4. The molecule has 7 nitrogen and oxygen atoms in total. The van der Waals surface area contributed by atoms with Gasteiger partial charge in [-0.1, -0.05) is 24.3 Å². The first-order valence-corrected chi connectivity index (χ1v) is 9.70. The van der Waals surface area contributed by atoms with Crippen LogP contribution in [0.4, 0.5) is 0 Å². The Kier molecular flexibility index (Phi) is 10.9. The van der Waals surface area contributed by atoms with Crippen molar-refractivity contribution >= 4 is 29.5 Å². The molecule has 1 aliphatic carbocycles. The average molecular weight is 419 g/mol. The molecule has 0 fully saturated rings. The van der Waals surface area contributed by atoms with Gasteiger partial charge in [-0.05, 0) is 36.7 Å². The van der Waals surface area contributed by atoms with Gasteiger partial charge in [-0.15, -0.1) is 0 Å². The van der Waals surface area contributed by atoms with Crippen molar-refractivity contribution in [3.05, 3.63) is 70.3 Å². The van der Waals surface area contributed by atoms with Gasteiger partial charge in [-0.25, -0.2) is 0 Å². The number of aliphatic hydroxyl groups excluding tert-OH is 2. The van der Waals surface area contributed by atoms with Crippen LogP contribution in [0.1, 0.15) is 48.6 Å². The van der Waals surface area contributed by atoms with Crippen LogP contribution in [0.15, 0.2) is 42.5 Å². The smallest absolute Gasteiger partial charge is 0.251 e. The zero-order valence-corrected chi connectivity index (χ0v) is 17.4. The first kappa shape index (κ1) is 24.5. The fourth-order valence-corrected chi connectivity index (χ4v) is 3.19. The number of rotatable bonds is 6. The molecule has 0 heterocycles. The fraction of sp³-hybridized carbons (Fsp3) is 0.286. The molecule has 0 radical (unpaired) electrons. The maximum absolute atomic E-state index is 12.7. The van der Waals surface area contributed by atoms with Gasteiger partial charge in [0.05, 0.1) is 7.11 Å². The van der Waals surface area contributed by atoms with Crippen molar-refractivity contribution < 1.29 is 28.8 Å². The quantitative estimate of drug-likeness (QED) is 0.414. The highest BCUT2D eigenvalue weighted by atomic mass is 32.2. The molecule has 1 aliphatic rings. The summed E-state index contributed by atoms with van der Waals surface area (Å²) in [5.74, 6) is 0.111. The van der Waals surface area contributed by atoms with Crippen LogP contribution in [0.2, 0.25) is 0 Å². The largest absolute Gasteiger partial charge is 0.400 e. The minimum Gasteiger partial charge on any atom is -0.400 e. The van der Waals surface area contributed by atoms with Gasteiger partial charge in [0.1, 0.15) is 0 Å². The molecule has 8 heteroatoms. The second-order valence-corrected chi connectivity index (χ2v) is 6.54. The Balaban J connectivity index is 0.000000989. The Bertz CT molecular complexity index is 853. The topological polar surface area (TPSA) is 113 Å². The van der Waals surface area contributed by atoms with Crippen LogP contribution in [-0.4, -0.2) is 61.3 Å². The molecule has 0 bridgehead atoms. The van der Waals surface area contributed by atoms with Crippen molar-refractivity contribution in [3.63, 3.8) is 0 Å². The first-order valence-electron chi connectivity index (χ1n) is 8.79. The third-order valence-electron chi connectivity index (χ3n) is 4.00. The number of aliphatic hydroxyl groups is 2. The van der Waals surface area contributed by atoms with Crippen molar-refractivity contribution in [2.45, 2.75) is 6.42 Å². The zero-order chi connectivity index (χ0) is 21.8. The third-order valence-corrected chi connectivity index (χ3v) is 4.69. The van der Waals surface area contributed by atoms with Crippen LogP contribution in [0.5, 0.6) is 0 Å². The van der Waals surface area contributed by atoms with Crippen molar-refractivity contribution in [3.8, 4) is 0 Å². The van der Waals surface area contributed by atoms with Gasteiger partial charge in [-0.2, -0.15) is 0 Å². The van der Waals surface area contributed by atoms with E-state index in [4.69, 9.17) is 14.4 Å². The summed E-state index contributed by atoms with van der Waals surface area (Å²) in [6.45, 7) is 0.516. The SMILES string of the molecule is CO.CO.COSCCCNC(=O)c1ccc2c(c1)C(=O)c1ccccc1C2=O. The van der Waals surface area contributed by atoms with Gasteiger partial charge in [0.15, 0.2) is 11.6 Å². The normalized spacial score (nSPS) is 11.2. The highest BCUT2D eigenvalue weighted by Gasteiger charge is 2.29. The van der Waals surface area contributed by atoms with Gasteiger partial charge < -0.3 is 19.7 Å². The summed E-state index contributed by atoms with van der Waals surface area (Å²) >= 11 is 1.33. The van der Waals surface area contributed by atoms with E-state index in [1.54, 1.807) is 43.5 Å². The van der Waals surface area contributed by atoms with Crippen LogP contribution in [0.25, 0.3) is 0 Å². The number of fused-ring (bicyclic) bond motifs is 2. The summed E-state index contributed by atoms with van der Waals surface area (Å²) in [7, 11) is 3.60. The molecule has 2 aromatic carbocycles. The number of nitrogens with one attached hydrogen (secondary N) is 1. The predicted octanol–water partition coefficient (Wildman–Crippen LogP) is 2.09. The highest BCUT2D eigenvalue weighted by molar-refractivity contribution is 7.94. The Hall–Kier alpha value is -2.52. The first-order chi connectivity index (χ1) is 14.1. The van der Waals surface area contributed by atoms with Crippen LogP contribution in [0.3, 0.4) is 0 Å². The number of carbonyl (C=O) groups excluding carboxylic acids is 3. The Morgan fingerprint density at radius 3 is 2.07 bits per heavy atom. The van der Waals surface area contributed by atoms with E-state index >= 15 is 0 Å². The van der Waals surface area contributed by atoms with E-state index < -0.39 is 0 Å². The van der Waals surface area contributed by atoms with E-state index in [9.17, 15) is 14.4 Å². The standard InChI is InChI=1S/C19H17NO4S.2CH4O/c1-24-25-10-4-9-20-19(23)12-7-8-15-16(11-12)18(22)14-6-3-2-5-13(14)17(15)21;2*1-2/h2-3,5-8,11H,4,9-10H2,1H3,(H,20,23);2*2H,1H3. The zero-order valence-electron chi connectivity index (χ0n) is 16.6. The van der Waals surface area contributed by atoms with E-state index in [0.717, 1.165) is 26.4 Å². The van der Waals surface area contributed by atoms with Crippen LogP contribution in [-0.2, 0) is 4.18 Å². The van der Waals surface area contributed by atoms with Crippen molar-refractivity contribution in [2.24, 2.45) is 0 Å². The Morgan fingerprint density at radius 1 is 0.931 bits per heavy atom. The predicted molar refractivity (Wildman–Crippen MR) is 112 cm³/mol. The molecule has 0 saturated carbocycles. The highest BCUT2D eigenvalue weighted by Crippen LogP contribution is 2.27. The molecule has 1 amide bonds. The second-order valence-electron chi connectivity index (χ2n) is 5.56. The van der Waals surface area contributed by atoms with Crippen LogP contribution in [0, 0.1) is 0 Å². The molecule has 0 spiro atoms. The maximum atomic E-state index is 12.7. The molecule has 3 N–H and O–H groups in total. The molecule has 3 rings (SSSR count). The monoisotopic (exact) mass is 419 g/mol. The van der Waals surface area contributed by atoms with E-state index in [-0.39, 0.29) is 23.0 Å². The van der Waals surface area contributed by atoms with Crippen molar-refractivity contribution in [1.82, 2.24) is 5.32 Å². The molecule has 156 valence electrons. The summed E-state index contributed by atoms with van der Waals surface area (Å²) < 4.78 is 4.88. The van der Waals surface area contributed by atoms with Crippen molar-refractivity contribution in [1.29, 1.82) is 0 Å². The molecular weight excluding hydrogens is 394 g/mol. The van der Waals surface area contributed by atoms with Gasteiger partial charge >= 0.3 is 0 Å². The molecule has 0 atom stereocenters. The molecule has 0 aromatic heterocycles. The molecule has 2 aromatic rings. The third kappa shape index (κ3) is 5.98. The van der Waals surface area contributed by atoms with Gasteiger partial charge in [0, 0.05) is 54.3 Å². The van der Waals surface area contributed by atoms with Gasteiger partial charge in [0.2, 0.25) is 0 Å². The molecule has 0 saturated heterocycles. The second kappa shape index (κ2) is 12.8. The maximum Gasteiger partial charge on any atom is 0.251 e. The van der Waals surface area contributed by atoms with Crippen LogP contribution < -0.4 is 5.32 Å². The number of amides is 1.